The highest BCUT2D eigenvalue weighted by molar-refractivity contribution is 7.15. The maximum absolute atomic E-state index is 12.1. The Hall–Kier alpha value is -2.12. The first kappa shape index (κ1) is 18.7. The van der Waals surface area contributed by atoms with Gasteiger partial charge in [-0.1, -0.05) is 29.9 Å². The Balaban J connectivity index is 1.66. The smallest absolute Gasteiger partial charge is 0.250 e. The average molecular weight is 394 g/mol. The first-order valence-electron chi connectivity index (χ1n) is 8.43. The van der Waals surface area contributed by atoms with Gasteiger partial charge in [0.1, 0.15) is 5.01 Å². The molecule has 6 nitrogen and oxygen atoms in total. The second-order valence-corrected chi connectivity index (χ2v) is 7.34. The van der Waals surface area contributed by atoms with Gasteiger partial charge in [-0.25, -0.2) is 0 Å². The molecule has 0 saturated heterocycles. The Morgan fingerprint density at radius 3 is 2.92 bits per heavy atom. The number of aromatic nitrogens is 2. The predicted molar refractivity (Wildman–Crippen MR) is 103 cm³/mol. The van der Waals surface area contributed by atoms with E-state index in [9.17, 15) is 4.79 Å². The van der Waals surface area contributed by atoms with E-state index in [1.54, 1.807) is 25.3 Å². The summed E-state index contributed by atoms with van der Waals surface area (Å²) in [6.45, 7) is 2.57. The number of halogens is 1. The Morgan fingerprint density at radius 1 is 1.42 bits per heavy atom. The van der Waals surface area contributed by atoms with Gasteiger partial charge in [-0.05, 0) is 43.0 Å². The second-order valence-electron chi connectivity index (χ2n) is 5.92. The third-order valence-corrected chi connectivity index (χ3v) is 5.01. The van der Waals surface area contributed by atoms with Gasteiger partial charge >= 0.3 is 0 Å². The van der Waals surface area contributed by atoms with Gasteiger partial charge in [0, 0.05) is 12.0 Å². The van der Waals surface area contributed by atoms with E-state index in [-0.39, 0.29) is 5.91 Å². The maximum Gasteiger partial charge on any atom is 0.250 e. The van der Waals surface area contributed by atoms with E-state index >= 15 is 0 Å². The highest BCUT2D eigenvalue weighted by atomic mass is 35.5. The zero-order chi connectivity index (χ0) is 18.5. The topological polar surface area (TPSA) is 73.3 Å². The molecule has 0 bridgehead atoms. The van der Waals surface area contributed by atoms with Gasteiger partial charge in [-0.15, -0.1) is 10.2 Å². The minimum atomic E-state index is -0.273. The maximum atomic E-state index is 12.1. The molecule has 8 heteroatoms. The Morgan fingerprint density at radius 2 is 2.23 bits per heavy atom. The van der Waals surface area contributed by atoms with Crippen molar-refractivity contribution in [1.29, 1.82) is 0 Å². The standard InChI is InChI=1S/C18H20ClN3O3S/c1-3-8-25-16-13(19)9-11(10-14(16)24-2)4-7-15(23)20-18-22-21-17(26-18)12-5-6-12/h4,7,9-10,12H,3,5-6,8H2,1-2H3,(H,20,22,23)/b7-4+. The van der Waals surface area contributed by atoms with Crippen LogP contribution in [0, 0.1) is 0 Å². The molecule has 26 heavy (non-hydrogen) atoms. The summed E-state index contributed by atoms with van der Waals surface area (Å²) in [7, 11) is 1.55. The number of nitrogens with zero attached hydrogens (tertiary/aromatic N) is 2. The molecule has 0 radical (unpaired) electrons. The van der Waals surface area contributed by atoms with Crippen molar-refractivity contribution in [3.8, 4) is 11.5 Å². The molecule has 1 aromatic heterocycles. The lowest BCUT2D eigenvalue weighted by Gasteiger charge is -2.12. The van der Waals surface area contributed by atoms with Gasteiger partial charge < -0.3 is 9.47 Å². The summed E-state index contributed by atoms with van der Waals surface area (Å²) < 4.78 is 11.0. The summed E-state index contributed by atoms with van der Waals surface area (Å²) in [6, 6.07) is 3.51. The van der Waals surface area contributed by atoms with E-state index in [1.165, 1.54) is 17.4 Å². The monoisotopic (exact) mass is 393 g/mol. The van der Waals surface area contributed by atoms with Crippen molar-refractivity contribution in [3.63, 3.8) is 0 Å². The number of methoxy groups -OCH3 is 1. The van der Waals surface area contributed by atoms with Gasteiger partial charge in [0.15, 0.2) is 11.5 Å². The summed E-state index contributed by atoms with van der Waals surface area (Å²) in [6.07, 6.45) is 6.27. The highest BCUT2D eigenvalue weighted by Gasteiger charge is 2.27. The van der Waals surface area contributed by atoms with Crippen LogP contribution in [0.2, 0.25) is 5.02 Å². The summed E-state index contributed by atoms with van der Waals surface area (Å²) >= 11 is 7.70. The van der Waals surface area contributed by atoms with E-state index in [4.69, 9.17) is 21.1 Å². The van der Waals surface area contributed by atoms with Gasteiger partial charge in [0.05, 0.1) is 18.7 Å². The minimum Gasteiger partial charge on any atom is -0.493 e. The van der Waals surface area contributed by atoms with Gasteiger partial charge in [-0.2, -0.15) is 0 Å². The van der Waals surface area contributed by atoms with E-state index < -0.39 is 0 Å². The van der Waals surface area contributed by atoms with Crippen LogP contribution in [0.4, 0.5) is 5.13 Å². The van der Waals surface area contributed by atoms with Crippen LogP contribution in [-0.2, 0) is 4.79 Å². The number of hydrogen-bond acceptors (Lipinski definition) is 6. The molecule has 0 atom stereocenters. The van der Waals surface area contributed by atoms with Crippen LogP contribution >= 0.6 is 22.9 Å². The molecule has 1 aromatic carbocycles. The summed E-state index contributed by atoms with van der Waals surface area (Å²) in [5, 5.41) is 12.8. The molecule has 1 amide bonds. The normalized spacial score (nSPS) is 13.8. The molecule has 138 valence electrons. The van der Waals surface area contributed by atoms with Crippen molar-refractivity contribution in [1.82, 2.24) is 10.2 Å². The van der Waals surface area contributed by atoms with Crippen LogP contribution < -0.4 is 14.8 Å². The number of benzene rings is 1. The summed E-state index contributed by atoms with van der Waals surface area (Å²) in [5.74, 6) is 1.30. The average Bonchev–Trinajstić information content (AvgIpc) is 3.38. The van der Waals surface area contributed by atoms with Crippen LogP contribution in [-0.4, -0.2) is 29.8 Å². The van der Waals surface area contributed by atoms with Crippen molar-refractivity contribution < 1.29 is 14.3 Å². The van der Waals surface area contributed by atoms with Crippen LogP contribution in [0.15, 0.2) is 18.2 Å². The van der Waals surface area contributed by atoms with Crippen LogP contribution in [0.3, 0.4) is 0 Å². The molecule has 0 spiro atoms. The molecular weight excluding hydrogens is 374 g/mol. The third-order valence-electron chi connectivity index (χ3n) is 3.73. The zero-order valence-corrected chi connectivity index (χ0v) is 16.2. The van der Waals surface area contributed by atoms with Crippen molar-refractivity contribution in [3.05, 3.63) is 33.8 Å². The van der Waals surface area contributed by atoms with E-state index in [0.29, 0.717) is 34.2 Å². The quantitative estimate of drug-likeness (QED) is 0.667. The number of hydrogen-bond donors (Lipinski definition) is 1. The van der Waals surface area contributed by atoms with Crippen molar-refractivity contribution >= 4 is 40.1 Å². The minimum absolute atomic E-state index is 0.273. The molecule has 2 aromatic rings. The van der Waals surface area contributed by atoms with Crippen molar-refractivity contribution in [2.45, 2.75) is 32.1 Å². The molecule has 1 aliphatic carbocycles. The predicted octanol–water partition coefficient (Wildman–Crippen LogP) is 4.52. The number of anilines is 1. The lowest BCUT2D eigenvalue weighted by molar-refractivity contribution is -0.111. The SMILES string of the molecule is CCCOc1c(Cl)cc(/C=C/C(=O)Nc2nnc(C3CC3)s2)cc1OC. The van der Waals surface area contributed by atoms with Crippen molar-refractivity contribution in [2.75, 3.05) is 19.0 Å². The number of nitrogens with one attached hydrogen (secondary N) is 1. The van der Waals surface area contributed by atoms with Crippen LogP contribution in [0.25, 0.3) is 6.08 Å². The molecular formula is C18H20ClN3O3S. The fourth-order valence-electron chi connectivity index (χ4n) is 2.28. The molecule has 1 saturated carbocycles. The lowest BCUT2D eigenvalue weighted by Crippen LogP contribution is -2.07. The zero-order valence-electron chi connectivity index (χ0n) is 14.6. The number of ether oxygens (including phenoxy) is 2. The molecule has 1 N–H and O–H groups in total. The molecule has 1 aliphatic rings. The molecule has 0 aliphatic heterocycles. The van der Waals surface area contributed by atoms with Crippen molar-refractivity contribution in [2.24, 2.45) is 0 Å². The number of carbonyl (C=O) groups is 1. The Bertz CT molecular complexity index is 818. The third kappa shape index (κ3) is 4.74. The van der Waals surface area contributed by atoms with E-state index in [2.05, 4.69) is 15.5 Å². The fourth-order valence-corrected chi connectivity index (χ4v) is 3.47. The summed E-state index contributed by atoms with van der Waals surface area (Å²) in [5.41, 5.74) is 0.738. The molecule has 3 rings (SSSR count). The first-order chi connectivity index (χ1) is 12.6. The summed E-state index contributed by atoms with van der Waals surface area (Å²) in [4.78, 5) is 12.1. The highest BCUT2D eigenvalue weighted by Crippen LogP contribution is 2.42. The van der Waals surface area contributed by atoms with Gasteiger partial charge in [0.25, 0.3) is 0 Å². The molecule has 0 unspecified atom stereocenters. The second kappa shape index (κ2) is 8.51. The number of carbonyl (C=O) groups excluding carboxylic acids is 1. The van der Waals surface area contributed by atoms with E-state index in [0.717, 1.165) is 29.8 Å². The molecule has 1 fully saturated rings. The first-order valence-corrected chi connectivity index (χ1v) is 9.63. The lowest BCUT2D eigenvalue weighted by atomic mass is 10.2. The Labute approximate surface area is 161 Å². The fraction of sp³-hybridized carbons (Fsp3) is 0.389. The van der Waals surface area contributed by atoms with Gasteiger partial charge in [0.2, 0.25) is 11.0 Å². The number of amides is 1. The molecule has 1 heterocycles. The Kier molecular flexibility index (Phi) is 6.11. The van der Waals surface area contributed by atoms with Crippen LogP contribution in [0.1, 0.15) is 42.7 Å². The largest absolute Gasteiger partial charge is 0.493 e. The number of rotatable bonds is 8. The van der Waals surface area contributed by atoms with Gasteiger partial charge in [-0.3, -0.25) is 10.1 Å². The van der Waals surface area contributed by atoms with Crippen LogP contribution in [0.5, 0.6) is 11.5 Å². The van der Waals surface area contributed by atoms with E-state index in [1.807, 2.05) is 6.92 Å².